The molecule has 3 N–H and O–H groups in total. The molecule has 23 heavy (non-hydrogen) atoms. The van der Waals surface area contributed by atoms with Crippen molar-refractivity contribution in [2.45, 2.75) is 13.5 Å². The first-order valence-corrected chi connectivity index (χ1v) is 7.35. The highest BCUT2D eigenvalue weighted by atomic mass is 16.5. The van der Waals surface area contributed by atoms with Crippen LogP contribution in [0, 0.1) is 6.92 Å². The van der Waals surface area contributed by atoms with Crippen LogP contribution in [0.5, 0.6) is 11.6 Å². The summed E-state index contributed by atoms with van der Waals surface area (Å²) in [7, 11) is 0. The van der Waals surface area contributed by atoms with Gasteiger partial charge in [0.15, 0.2) is 5.82 Å². The van der Waals surface area contributed by atoms with Crippen molar-refractivity contribution in [2.75, 3.05) is 11.1 Å². The van der Waals surface area contributed by atoms with E-state index in [1.165, 1.54) is 11.9 Å². The summed E-state index contributed by atoms with van der Waals surface area (Å²) in [5, 5.41) is 3.22. The van der Waals surface area contributed by atoms with Gasteiger partial charge in [-0.15, -0.1) is 0 Å². The van der Waals surface area contributed by atoms with E-state index in [0.717, 1.165) is 5.56 Å². The molecule has 0 radical (unpaired) electrons. The third kappa shape index (κ3) is 3.77. The molecule has 0 amide bonds. The van der Waals surface area contributed by atoms with E-state index in [9.17, 15) is 0 Å². The summed E-state index contributed by atoms with van der Waals surface area (Å²) < 4.78 is 5.70. The van der Waals surface area contributed by atoms with Gasteiger partial charge in [0.25, 0.3) is 0 Å². The fourth-order valence-corrected chi connectivity index (χ4v) is 2.09. The molecule has 2 aromatic carbocycles. The molecule has 0 aliphatic carbocycles. The van der Waals surface area contributed by atoms with Crippen LogP contribution in [0.3, 0.4) is 0 Å². The number of benzene rings is 2. The van der Waals surface area contributed by atoms with Crippen LogP contribution >= 0.6 is 0 Å². The molecule has 0 spiro atoms. The van der Waals surface area contributed by atoms with Crippen molar-refractivity contribution in [1.29, 1.82) is 0 Å². The highest BCUT2D eigenvalue weighted by Crippen LogP contribution is 2.29. The standard InChI is InChI=1S/C18H18N4O/c1-13-7-9-14(10-8-13)11-20-17-16(19)18(22-12-21-17)23-15-5-3-2-4-6-15/h2-10,12H,11,19H2,1H3,(H,20,21,22). The van der Waals surface area contributed by atoms with Crippen LogP contribution in [0.2, 0.25) is 0 Å². The van der Waals surface area contributed by atoms with Gasteiger partial charge >= 0.3 is 0 Å². The zero-order valence-corrected chi connectivity index (χ0v) is 12.9. The summed E-state index contributed by atoms with van der Waals surface area (Å²) in [6.45, 7) is 2.69. The van der Waals surface area contributed by atoms with Crippen molar-refractivity contribution < 1.29 is 4.74 Å². The Morgan fingerprint density at radius 2 is 1.74 bits per heavy atom. The molecule has 0 aliphatic rings. The molecule has 0 aliphatic heterocycles. The first-order valence-electron chi connectivity index (χ1n) is 7.35. The Bertz CT molecular complexity index is 773. The largest absolute Gasteiger partial charge is 0.437 e. The molecule has 1 heterocycles. The number of rotatable bonds is 5. The van der Waals surface area contributed by atoms with Crippen LogP contribution in [0.15, 0.2) is 60.9 Å². The van der Waals surface area contributed by atoms with E-state index in [-0.39, 0.29) is 0 Å². The van der Waals surface area contributed by atoms with Crippen LogP contribution in [0.4, 0.5) is 11.5 Å². The molecule has 5 nitrogen and oxygen atoms in total. The Kier molecular flexibility index (Phi) is 4.38. The molecule has 1 aromatic heterocycles. The molecule has 116 valence electrons. The third-order valence-corrected chi connectivity index (χ3v) is 3.39. The summed E-state index contributed by atoms with van der Waals surface area (Å²) in [4.78, 5) is 8.29. The van der Waals surface area contributed by atoms with Gasteiger partial charge in [0.2, 0.25) is 5.88 Å². The summed E-state index contributed by atoms with van der Waals surface area (Å²) >= 11 is 0. The SMILES string of the molecule is Cc1ccc(CNc2ncnc(Oc3ccccc3)c2N)cc1. The zero-order chi connectivity index (χ0) is 16.1. The normalized spacial score (nSPS) is 10.3. The number of hydrogen-bond donors (Lipinski definition) is 2. The van der Waals surface area contributed by atoms with Gasteiger partial charge in [-0.1, -0.05) is 48.0 Å². The molecule has 0 saturated carbocycles. The summed E-state index contributed by atoms with van der Waals surface area (Å²) in [5.74, 6) is 1.59. The minimum Gasteiger partial charge on any atom is -0.437 e. The number of nitrogens with two attached hydrogens (primary N) is 1. The minimum absolute atomic E-state index is 0.345. The Labute approximate surface area is 135 Å². The van der Waals surface area contributed by atoms with Gasteiger partial charge in [0.1, 0.15) is 17.8 Å². The Hall–Kier alpha value is -3.08. The van der Waals surface area contributed by atoms with E-state index in [0.29, 0.717) is 29.7 Å². The number of anilines is 2. The molecule has 0 saturated heterocycles. The van der Waals surface area contributed by atoms with Crippen molar-refractivity contribution in [1.82, 2.24) is 9.97 Å². The number of aryl methyl sites for hydroxylation is 1. The van der Waals surface area contributed by atoms with Crippen LogP contribution in [0.1, 0.15) is 11.1 Å². The fourth-order valence-electron chi connectivity index (χ4n) is 2.09. The molecule has 5 heteroatoms. The first kappa shape index (κ1) is 14.8. The topological polar surface area (TPSA) is 73.1 Å². The number of nitrogens with zero attached hydrogens (tertiary/aromatic N) is 2. The molecular weight excluding hydrogens is 288 g/mol. The molecule has 3 rings (SSSR count). The van der Waals surface area contributed by atoms with Crippen molar-refractivity contribution in [3.05, 3.63) is 72.1 Å². The van der Waals surface area contributed by atoms with E-state index in [2.05, 4.69) is 46.5 Å². The van der Waals surface area contributed by atoms with Crippen LogP contribution < -0.4 is 15.8 Å². The van der Waals surface area contributed by atoms with Gasteiger partial charge in [-0.2, -0.15) is 4.98 Å². The number of hydrogen-bond acceptors (Lipinski definition) is 5. The second kappa shape index (κ2) is 6.79. The molecule has 0 unspecified atom stereocenters. The lowest BCUT2D eigenvalue weighted by Crippen LogP contribution is -2.06. The van der Waals surface area contributed by atoms with Crippen molar-refractivity contribution in [2.24, 2.45) is 0 Å². The van der Waals surface area contributed by atoms with Gasteiger partial charge in [-0.3, -0.25) is 0 Å². The van der Waals surface area contributed by atoms with Crippen LogP contribution in [0.25, 0.3) is 0 Å². The molecule has 3 aromatic rings. The molecular formula is C18H18N4O. The van der Waals surface area contributed by atoms with Gasteiger partial charge in [-0.05, 0) is 24.6 Å². The van der Waals surface area contributed by atoms with Crippen molar-refractivity contribution in [3.8, 4) is 11.6 Å². The average molecular weight is 306 g/mol. The maximum Gasteiger partial charge on any atom is 0.248 e. The second-order valence-corrected chi connectivity index (χ2v) is 5.20. The fraction of sp³-hybridized carbons (Fsp3) is 0.111. The molecule has 0 atom stereocenters. The summed E-state index contributed by atoms with van der Waals surface area (Å²) in [6, 6.07) is 17.7. The lowest BCUT2D eigenvalue weighted by Gasteiger charge is -2.11. The van der Waals surface area contributed by atoms with E-state index < -0.39 is 0 Å². The van der Waals surface area contributed by atoms with E-state index >= 15 is 0 Å². The van der Waals surface area contributed by atoms with E-state index in [4.69, 9.17) is 10.5 Å². The number of nitrogen functional groups attached to an aromatic ring is 1. The number of aromatic nitrogens is 2. The lowest BCUT2D eigenvalue weighted by atomic mass is 10.1. The van der Waals surface area contributed by atoms with E-state index in [1.54, 1.807) is 0 Å². The monoisotopic (exact) mass is 306 g/mol. The maximum atomic E-state index is 6.11. The Morgan fingerprint density at radius 1 is 1.00 bits per heavy atom. The van der Waals surface area contributed by atoms with Crippen molar-refractivity contribution >= 4 is 11.5 Å². The molecule has 0 fully saturated rings. The second-order valence-electron chi connectivity index (χ2n) is 5.20. The summed E-state index contributed by atoms with van der Waals surface area (Å²) in [6.07, 6.45) is 1.44. The van der Waals surface area contributed by atoms with Gasteiger partial charge in [0, 0.05) is 6.54 Å². The first-order chi connectivity index (χ1) is 11.2. The number of ether oxygens (including phenoxy) is 1. The minimum atomic E-state index is 0.345. The zero-order valence-electron chi connectivity index (χ0n) is 12.9. The Morgan fingerprint density at radius 3 is 2.48 bits per heavy atom. The van der Waals surface area contributed by atoms with Gasteiger partial charge in [0.05, 0.1) is 0 Å². The van der Waals surface area contributed by atoms with E-state index in [1.807, 2.05) is 30.3 Å². The number of nitrogens with one attached hydrogen (secondary N) is 1. The lowest BCUT2D eigenvalue weighted by molar-refractivity contribution is 0.464. The molecule has 0 bridgehead atoms. The van der Waals surface area contributed by atoms with Crippen LogP contribution in [-0.4, -0.2) is 9.97 Å². The maximum absolute atomic E-state index is 6.11. The summed E-state index contributed by atoms with van der Waals surface area (Å²) in [5.41, 5.74) is 8.88. The Balaban J connectivity index is 1.73. The smallest absolute Gasteiger partial charge is 0.248 e. The van der Waals surface area contributed by atoms with Crippen LogP contribution in [-0.2, 0) is 6.54 Å². The van der Waals surface area contributed by atoms with Gasteiger partial charge < -0.3 is 15.8 Å². The predicted octanol–water partition coefficient (Wildman–Crippen LogP) is 3.77. The van der Waals surface area contributed by atoms with Gasteiger partial charge in [-0.25, -0.2) is 4.98 Å². The van der Waals surface area contributed by atoms with Crippen molar-refractivity contribution in [3.63, 3.8) is 0 Å². The highest BCUT2D eigenvalue weighted by Gasteiger charge is 2.10. The predicted molar refractivity (Wildman–Crippen MR) is 91.5 cm³/mol. The average Bonchev–Trinajstić information content (AvgIpc) is 2.58. The highest BCUT2D eigenvalue weighted by molar-refractivity contribution is 5.67. The number of para-hydroxylation sites is 1. The third-order valence-electron chi connectivity index (χ3n) is 3.39. The quantitative estimate of drug-likeness (QED) is 0.750.